The van der Waals surface area contributed by atoms with Gasteiger partial charge in [0.15, 0.2) is 5.96 Å². The minimum absolute atomic E-state index is 0.0668. The van der Waals surface area contributed by atoms with Gasteiger partial charge < -0.3 is 69.9 Å². The quantitative estimate of drug-likeness (QED) is 0.0203. The van der Waals surface area contributed by atoms with E-state index in [2.05, 4.69) is 47.5 Å². The first-order chi connectivity index (χ1) is 36.9. The van der Waals surface area contributed by atoms with Crippen LogP contribution in [0.4, 0.5) is 0 Å². The van der Waals surface area contributed by atoms with Crippen LogP contribution < -0.4 is 59.7 Å². The lowest BCUT2D eigenvalue weighted by atomic mass is 10.00. The van der Waals surface area contributed by atoms with Gasteiger partial charge in [0.05, 0.1) is 19.0 Å². The van der Waals surface area contributed by atoms with E-state index in [9.17, 15) is 58.2 Å². The van der Waals surface area contributed by atoms with Crippen molar-refractivity contribution in [3.05, 3.63) is 108 Å². The molecular formula is C54H76N12O12. The van der Waals surface area contributed by atoms with Crippen molar-refractivity contribution in [3.63, 3.8) is 0 Å². The summed E-state index contributed by atoms with van der Waals surface area (Å²) in [7, 11) is 0. The highest BCUT2D eigenvalue weighted by Crippen LogP contribution is 2.12. The van der Waals surface area contributed by atoms with Gasteiger partial charge in [0.2, 0.25) is 47.3 Å². The predicted octanol–water partition coefficient (Wildman–Crippen LogP) is -0.723. The molecule has 0 bridgehead atoms. The SMILES string of the molecule is CC(C)C[C@H](NC(=O)[C@H](C)NC(=O)[C@@H](N)Cc1ccccc1)C(=O)N[C@@H](CC(C)C)C(=O)NCC(=O)N[C@@H](CC(=O)O)C(=O)N[C@@H](Cc1ccccc1)C(=O)N[C@@H](Cc1ccccc1)C(=O)N[C@@H](CCCN=C(N)N)C(=O)O. The van der Waals surface area contributed by atoms with Gasteiger partial charge in [-0.05, 0) is 67.6 Å². The number of aliphatic carboxylic acids is 2. The summed E-state index contributed by atoms with van der Waals surface area (Å²) in [4.78, 5) is 137. The summed E-state index contributed by atoms with van der Waals surface area (Å²) < 4.78 is 0. The Balaban J connectivity index is 1.76. The zero-order chi connectivity index (χ0) is 57.9. The fourth-order valence-corrected chi connectivity index (χ4v) is 7.94. The zero-order valence-corrected chi connectivity index (χ0v) is 44.7. The number of hydrogen-bond acceptors (Lipinski definition) is 12. The molecule has 3 aromatic carbocycles. The van der Waals surface area contributed by atoms with Gasteiger partial charge in [-0.1, -0.05) is 119 Å². The van der Waals surface area contributed by atoms with Crippen LogP contribution in [0.15, 0.2) is 96.0 Å². The number of guanidine groups is 1. The molecule has 0 radical (unpaired) electrons. The highest BCUT2D eigenvalue weighted by molar-refractivity contribution is 5.98. The highest BCUT2D eigenvalue weighted by atomic mass is 16.4. The Morgan fingerprint density at radius 1 is 0.487 bits per heavy atom. The molecule has 0 aliphatic heterocycles. The second-order valence-electron chi connectivity index (χ2n) is 19.7. The number of amides is 8. The number of hydrogen-bond donors (Lipinski definition) is 13. The smallest absolute Gasteiger partial charge is 0.326 e. The first kappa shape index (κ1) is 63.9. The van der Waals surface area contributed by atoms with Crippen molar-refractivity contribution in [2.45, 2.75) is 134 Å². The minimum atomic E-state index is -1.81. The number of carboxylic acids is 2. The van der Waals surface area contributed by atoms with Crippen molar-refractivity contribution >= 4 is 65.2 Å². The number of carboxylic acid groups (broad SMARTS) is 2. The van der Waals surface area contributed by atoms with Gasteiger partial charge in [-0.2, -0.15) is 0 Å². The van der Waals surface area contributed by atoms with Crippen LogP contribution in [0.5, 0.6) is 0 Å². The fourth-order valence-electron chi connectivity index (χ4n) is 7.94. The molecule has 8 amide bonds. The van der Waals surface area contributed by atoms with Crippen molar-refractivity contribution in [1.82, 2.24) is 42.5 Å². The Morgan fingerprint density at radius 2 is 0.897 bits per heavy atom. The number of carbonyl (C=O) groups excluding carboxylic acids is 8. The predicted molar refractivity (Wildman–Crippen MR) is 289 cm³/mol. The summed E-state index contributed by atoms with van der Waals surface area (Å²) in [5.41, 5.74) is 18.8. The summed E-state index contributed by atoms with van der Waals surface area (Å²) in [6.07, 6.45) is -0.701. The van der Waals surface area contributed by atoms with E-state index in [0.717, 1.165) is 5.56 Å². The summed E-state index contributed by atoms with van der Waals surface area (Å²) >= 11 is 0. The van der Waals surface area contributed by atoms with Gasteiger partial charge in [0.1, 0.15) is 42.3 Å². The zero-order valence-electron chi connectivity index (χ0n) is 44.7. The standard InChI is InChI=1S/C54H76N12O12/c1-31(2)24-39(64-49(73)40(25-32(3)4)63-46(70)33(5)60-47(71)37(55)26-34-16-9-6-10-17-34)48(72)59-30-44(67)61-43(29-45(68)69)52(76)66-42(28-36-20-13-8-14-21-36)51(75)65-41(27-35-18-11-7-12-19-35)50(74)62-38(53(77)78)22-15-23-58-54(56)57/h6-14,16-21,31-33,37-43H,15,22-30,55H2,1-5H3,(H,59,72)(H,60,71)(H,61,67)(H,62,74)(H,63,70)(H,64,73)(H,65,75)(H,66,76)(H,68,69)(H,77,78)(H4,56,57,58)/t33-,37-,38-,39-,40-,41-,42-,43-/m0/s1. The maximum atomic E-state index is 14.3. The Kier molecular flexibility index (Phi) is 26.9. The highest BCUT2D eigenvalue weighted by Gasteiger charge is 2.34. The van der Waals surface area contributed by atoms with Crippen LogP contribution in [-0.4, -0.2) is 137 Å². The molecule has 3 aromatic rings. The summed E-state index contributed by atoms with van der Waals surface area (Å²) in [5.74, 6) is -10.1. The molecule has 0 aromatic heterocycles. The molecule has 0 heterocycles. The van der Waals surface area contributed by atoms with Gasteiger partial charge in [0, 0.05) is 19.4 Å². The lowest BCUT2D eigenvalue weighted by Gasteiger charge is -2.27. The van der Waals surface area contributed by atoms with Crippen molar-refractivity contribution in [3.8, 4) is 0 Å². The van der Waals surface area contributed by atoms with Crippen LogP contribution in [0, 0.1) is 11.8 Å². The molecule has 24 heteroatoms. The third-order valence-electron chi connectivity index (χ3n) is 11.9. The van der Waals surface area contributed by atoms with E-state index in [4.69, 9.17) is 17.2 Å². The van der Waals surface area contributed by atoms with Crippen molar-refractivity contribution in [2.75, 3.05) is 13.1 Å². The van der Waals surface area contributed by atoms with Crippen LogP contribution in [0.3, 0.4) is 0 Å². The summed E-state index contributed by atoms with van der Waals surface area (Å²) in [6, 6.07) is 15.4. The number of nitrogens with one attached hydrogen (secondary N) is 8. The molecule has 78 heavy (non-hydrogen) atoms. The van der Waals surface area contributed by atoms with Gasteiger partial charge >= 0.3 is 11.9 Å². The van der Waals surface area contributed by atoms with Crippen LogP contribution in [0.1, 0.15) is 83.4 Å². The molecule has 0 aliphatic rings. The largest absolute Gasteiger partial charge is 0.481 e. The van der Waals surface area contributed by atoms with E-state index in [1.165, 1.54) is 6.92 Å². The maximum absolute atomic E-state index is 14.3. The monoisotopic (exact) mass is 1080 g/mol. The molecule has 0 saturated carbocycles. The average molecular weight is 1090 g/mol. The van der Waals surface area contributed by atoms with Gasteiger partial charge in [-0.15, -0.1) is 0 Å². The van der Waals surface area contributed by atoms with Gasteiger partial charge in [-0.25, -0.2) is 4.79 Å². The molecule has 8 atom stereocenters. The van der Waals surface area contributed by atoms with E-state index in [-0.39, 0.29) is 69.3 Å². The Hall–Kier alpha value is -8.41. The first-order valence-electron chi connectivity index (χ1n) is 25.7. The maximum Gasteiger partial charge on any atom is 0.326 e. The average Bonchev–Trinajstić information content (AvgIpc) is 3.38. The van der Waals surface area contributed by atoms with Crippen LogP contribution in [0.25, 0.3) is 0 Å². The minimum Gasteiger partial charge on any atom is -0.481 e. The summed E-state index contributed by atoms with van der Waals surface area (Å²) in [6.45, 7) is 7.94. The van der Waals surface area contributed by atoms with E-state index < -0.39 is 120 Å². The normalized spacial score (nSPS) is 14.1. The molecule has 424 valence electrons. The third-order valence-corrected chi connectivity index (χ3v) is 11.9. The molecule has 0 saturated heterocycles. The molecule has 0 aliphatic carbocycles. The second kappa shape index (κ2) is 32.9. The van der Waals surface area contributed by atoms with Crippen molar-refractivity contribution in [1.29, 1.82) is 0 Å². The number of aliphatic imine (C=N–C) groups is 1. The molecule has 16 N–H and O–H groups in total. The van der Waals surface area contributed by atoms with E-state index in [0.29, 0.717) is 11.1 Å². The lowest BCUT2D eigenvalue weighted by molar-refractivity contribution is -0.142. The van der Waals surface area contributed by atoms with Crippen LogP contribution >= 0.6 is 0 Å². The van der Waals surface area contributed by atoms with Crippen LogP contribution in [-0.2, 0) is 67.2 Å². The number of carbonyl (C=O) groups is 10. The molecular weight excluding hydrogens is 1010 g/mol. The molecule has 3 rings (SSSR count). The number of nitrogens with zero attached hydrogens (tertiary/aromatic N) is 1. The summed E-state index contributed by atoms with van der Waals surface area (Å²) in [5, 5.41) is 39.9. The number of rotatable bonds is 33. The molecule has 0 spiro atoms. The van der Waals surface area contributed by atoms with E-state index >= 15 is 0 Å². The van der Waals surface area contributed by atoms with Gasteiger partial charge in [-0.3, -0.25) is 48.1 Å². The molecule has 24 nitrogen and oxygen atoms in total. The fraction of sp³-hybridized carbons (Fsp3) is 0.463. The van der Waals surface area contributed by atoms with E-state index in [1.54, 1.807) is 74.5 Å². The number of benzene rings is 3. The molecule has 0 unspecified atom stereocenters. The Labute approximate surface area is 453 Å². The van der Waals surface area contributed by atoms with Crippen LogP contribution in [0.2, 0.25) is 0 Å². The van der Waals surface area contributed by atoms with E-state index in [1.807, 2.05) is 44.2 Å². The molecule has 0 fully saturated rings. The van der Waals surface area contributed by atoms with Crippen molar-refractivity contribution in [2.24, 2.45) is 34.0 Å². The Bertz CT molecular complexity index is 2510. The topological polar surface area (TPSA) is 398 Å². The first-order valence-corrected chi connectivity index (χ1v) is 25.7. The third kappa shape index (κ3) is 24.1. The van der Waals surface area contributed by atoms with Crippen molar-refractivity contribution < 1.29 is 58.2 Å². The second-order valence-corrected chi connectivity index (χ2v) is 19.7. The van der Waals surface area contributed by atoms with Gasteiger partial charge in [0.25, 0.3) is 0 Å². The lowest BCUT2D eigenvalue weighted by Crippen LogP contribution is -2.59. The number of nitrogens with two attached hydrogens (primary N) is 3. The Morgan fingerprint density at radius 3 is 1.35 bits per heavy atom.